The molecule has 2 N–H and O–H groups in total. The van der Waals surface area contributed by atoms with Crippen molar-refractivity contribution in [2.45, 2.75) is 31.4 Å². The molecule has 1 aliphatic heterocycles. The molecule has 2 aliphatic rings. The molecular weight excluding hydrogens is 295 g/mol. The van der Waals surface area contributed by atoms with Gasteiger partial charge in [-0.25, -0.2) is 4.39 Å². The molecule has 21 heavy (non-hydrogen) atoms. The molecule has 1 aromatic carbocycles. The van der Waals surface area contributed by atoms with E-state index in [4.69, 9.17) is 4.74 Å². The number of carbonyl (C=O) groups is 1. The second-order valence-corrected chi connectivity index (χ2v) is 5.48. The summed E-state index contributed by atoms with van der Waals surface area (Å²) in [6, 6.07) is 6.15. The van der Waals surface area contributed by atoms with E-state index in [1.165, 1.54) is 12.1 Å². The van der Waals surface area contributed by atoms with E-state index >= 15 is 0 Å². The molecule has 1 saturated carbocycles. The first-order valence-electron chi connectivity index (χ1n) is 7.14. The molecule has 0 bridgehead atoms. The number of hydrogen-bond acceptors (Lipinski definition) is 3. The average Bonchev–Trinajstić information content (AvgIpc) is 2.49. The molecule has 4 nitrogen and oxygen atoms in total. The van der Waals surface area contributed by atoms with Gasteiger partial charge < -0.3 is 15.4 Å². The first-order valence-corrected chi connectivity index (χ1v) is 7.14. The van der Waals surface area contributed by atoms with E-state index < -0.39 is 0 Å². The Morgan fingerprint density at radius 3 is 2.81 bits per heavy atom. The lowest BCUT2D eigenvalue weighted by atomic mass is 9.82. The Morgan fingerprint density at radius 2 is 2.05 bits per heavy atom. The highest BCUT2D eigenvalue weighted by Crippen LogP contribution is 2.29. The van der Waals surface area contributed by atoms with Gasteiger partial charge in [0.1, 0.15) is 5.82 Å². The van der Waals surface area contributed by atoms with Gasteiger partial charge in [0.05, 0.1) is 12.7 Å². The highest BCUT2D eigenvalue weighted by molar-refractivity contribution is 5.92. The monoisotopic (exact) mass is 314 g/mol. The van der Waals surface area contributed by atoms with Crippen LogP contribution in [0.15, 0.2) is 24.3 Å². The molecule has 1 heterocycles. The number of ether oxygens (including phenoxy) is 1. The minimum Gasteiger partial charge on any atom is -0.375 e. The van der Waals surface area contributed by atoms with Gasteiger partial charge in [0.15, 0.2) is 0 Å². The molecule has 1 saturated heterocycles. The summed E-state index contributed by atoms with van der Waals surface area (Å²) < 4.78 is 18.5. The number of morpholine rings is 1. The van der Waals surface area contributed by atoms with Gasteiger partial charge in [-0.2, -0.15) is 0 Å². The summed E-state index contributed by atoms with van der Waals surface area (Å²) in [4.78, 5) is 12.3. The Labute approximate surface area is 129 Å². The van der Waals surface area contributed by atoms with E-state index in [1.54, 1.807) is 12.1 Å². The van der Waals surface area contributed by atoms with Crippen molar-refractivity contribution in [1.82, 2.24) is 5.32 Å². The van der Waals surface area contributed by atoms with E-state index in [1.807, 2.05) is 0 Å². The summed E-state index contributed by atoms with van der Waals surface area (Å²) in [5.41, 5.74) is 0.645. The summed E-state index contributed by atoms with van der Waals surface area (Å²) >= 11 is 0. The SMILES string of the molecule is Cl.O=C(Nc1ccc(F)cc1)[C@H]1CC[C@H]2OCCN[C@@H]2C1. The number of fused-ring (bicyclic) bond motifs is 1. The highest BCUT2D eigenvalue weighted by atomic mass is 35.5. The maximum Gasteiger partial charge on any atom is 0.227 e. The van der Waals surface area contributed by atoms with Gasteiger partial charge in [-0.3, -0.25) is 4.79 Å². The summed E-state index contributed by atoms with van der Waals surface area (Å²) in [5.74, 6) is -0.287. The molecule has 6 heteroatoms. The van der Waals surface area contributed by atoms with Crippen LogP contribution in [0.5, 0.6) is 0 Å². The molecule has 0 spiro atoms. The number of rotatable bonds is 2. The zero-order chi connectivity index (χ0) is 13.9. The van der Waals surface area contributed by atoms with E-state index in [0.717, 1.165) is 32.4 Å². The van der Waals surface area contributed by atoms with Gasteiger partial charge in [0.25, 0.3) is 0 Å². The second kappa shape index (κ2) is 7.20. The lowest BCUT2D eigenvalue weighted by Crippen LogP contribution is -2.52. The summed E-state index contributed by atoms with van der Waals surface area (Å²) in [6.45, 7) is 1.61. The van der Waals surface area contributed by atoms with E-state index in [0.29, 0.717) is 5.69 Å². The Balaban J connectivity index is 0.00000161. The van der Waals surface area contributed by atoms with Crippen molar-refractivity contribution < 1.29 is 13.9 Å². The number of halogens is 2. The summed E-state index contributed by atoms with van der Waals surface area (Å²) in [6.07, 6.45) is 2.81. The van der Waals surface area contributed by atoms with Crippen LogP contribution in [0.1, 0.15) is 19.3 Å². The average molecular weight is 315 g/mol. The van der Waals surface area contributed by atoms with E-state index in [-0.39, 0.29) is 42.2 Å². The number of carbonyl (C=O) groups excluding carboxylic acids is 1. The lowest BCUT2D eigenvalue weighted by Gasteiger charge is -2.39. The van der Waals surface area contributed by atoms with Gasteiger partial charge in [-0.15, -0.1) is 12.4 Å². The van der Waals surface area contributed by atoms with E-state index in [9.17, 15) is 9.18 Å². The first kappa shape index (κ1) is 16.2. The van der Waals surface area contributed by atoms with Crippen LogP contribution >= 0.6 is 12.4 Å². The van der Waals surface area contributed by atoms with Gasteiger partial charge in [-0.05, 0) is 43.5 Å². The fraction of sp³-hybridized carbons (Fsp3) is 0.533. The number of amides is 1. The number of nitrogens with one attached hydrogen (secondary N) is 2. The topological polar surface area (TPSA) is 50.4 Å². The maximum atomic E-state index is 12.8. The molecule has 3 atom stereocenters. The summed E-state index contributed by atoms with van der Waals surface area (Å²) in [7, 11) is 0. The minimum atomic E-state index is -0.299. The predicted molar refractivity (Wildman–Crippen MR) is 81.1 cm³/mol. The first-order chi connectivity index (χ1) is 9.72. The van der Waals surface area contributed by atoms with Gasteiger partial charge in [0, 0.05) is 24.2 Å². The minimum absolute atomic E-state index is 0. The Hall–Kier alpha value is -1.17. The normalized spacial score (nSPS) is 28.1. The van der Waals surface area contributed by atoms with Gasteiger partial charge in [-0.1, -0.05) is 0 Å². The third-order valence-electron chi connectivity index (χ3n) is 4.11. The van der Waals surface area contributed by atoms with Crippen LogP contribution in [0, 0.1) is 11.7 Å². The standard InChI is InChI=1S/C15H19FN2O2.ClH/c16-11-2-4-12(5-3-11)18-15(19)10-1-6-14-13(9-10)17-7-8-20-14;/h2-5,10,13-14,17H,1,6-9H2,(H,18,19);1H/t10-,13+,14+;/m0./s1. The molecule has 2 fully saturated rings. The molecule has 1 amide bonds. The number of benzene rings is 1. The van der Waals surface area contributed by atoms with Gasteiger partial charge >= 0.3 is 0 Å². The Kier molecular flexibility index (Phi) is 5.56. The van der Waals surface area contributed by atoms with Crippen molar-refractivity contribution in [3.05, 3.63) is 30.1 Å². The second-order valence-electron chi connectivity index (χ2n) is 5.48. The van der Waals surface area contributed by atoms with Crippen molar-refractivity contribution in [2.24, 2.45) is 5.92 Å². The number of hydrogen-bond donors (Lipinski definition) is 2. The number of anilines is 1. The lowest BCUT2D eigenvalue weighted by molar-refractivity contribution is -0.123. The zero-order valence-corrected chi connectivity index (χ0v) is 12.5. The van der Waals surface area contributed by atoms with Crippen molar-refractivity contribution in [3.8, 4) is 0 Å². The van der Waals surface area contributed by atoms with Gasteiger partial charge in [0.2, 0.25) is 5.91 Å². The third kappa shape index (κ3) is 3.93. The Morgan fingerprint density at radius 1 is 1.29 bits per heavy atom. The fourth-order valence-corrected chi connectivity index (χ4v) is 3.03. The van der Waals surface area contributed by atoms with Crippen LogP contribution < -0.4 is 10.6 Å². The molecule has 1 aliphatic carbocycles. The third-order valence-corrected chi connectivity index (χ3v) is 4.11. The fourth-order valence-electron chi connectivity index (χ4n) is 3.03. The van der Waals surface area contributed by atoms with Crippen molar-refractivity contribution in [2.75, 3.05) is 18.5 Å². The van der Waals surface area contributed by atoms with E-state index in [2.05, 4.69) is 10.6 Å². The molecule has 1 aromatic rings. The highest BCUT2D eigenvalue weighted by Gasteiger charge is 2.35. The van der Waals surface area contributed by atoms with Crippen LogP contribution in [0.2, 0.25) is 0 Å². The zero-order valence-electron chi connectivity index (χ0n) is 11.7. The predicted octanol–water partition coefficient (Wildman–Crippen LogP) is 2.34. The van der Waals surface area contributed by atoms with Crippen LogP contribution in [-0.4, -0.2) is 31.2 Å². The summed E-state index contributed by atoms with van der Waals surface area (Å²) in [5, 5.41) is 6.28. The molecule has 0 radical (unpaired) electrons. The molecular formula is C15H20ClFN2O2. The van der Waals surface area contributed by atoms with Crippen LogP contribution in [0.3, 0.4) is 0 Å². The molecule has 116 valence electrons. The smallest absolute Gasteiger partial charge is 0.227 e. The quantitative estimate of drug-likeness (QED) is 0.881. The molecule has 0 unspecified atom stereocenters. The molecule has 3 rings (SSSR count). The van der Waals surface area contributed by atoms with Crippen molar-refractivity contribution in [1.29, 1.82) is 0 Å². The van der Waals surface area contributed by atoms with Crippen molar-refractivity contribution >= 4 is 24.0 Å². The van der Waals surface area contributed by atoms with Crippen LogP contribution in [0.4, 0.5) is 10.1 Å². The van der Waals surface area contributed by atoms with Crippen LogP contribution in [0.25, 0.3) is 0 Å². The molecule has 0 aromatic heterocycles. The van der Waals surface area contributed by atoms with Crippen LogP contribution in [-0.2, 0) is 9.53 Å². The Bertz CT molecular complexity index is 483. The largest absolute Gasteiger partial charge is 0.375 e. The van der Waals surface area contributed by atoms with Crippen molar-refractivity contribution in [3.63, 3.8) is 0 Å². The maximum absolute atomic E-state index is 12.8.